The highest BCUT2D eigenvalue weighted by atomic mass is 31.3. The average Bonchev–Trinajstić information content (AvgIpc) is 3.12. The zero-order chi connectivity index (χ0) is 24.1. The molecule has 0 bridgehead atoms. The Morgan fingerprint density at radius 1 is 1.09 bits per heavy atom. The number of aromatic nitrogens is 4. The number of hydrogen-bond donors (Lipinski definition) is 12. The summed E-state index contributed by atoms with van der Waals surface area (Å²) in [5.41, 5.74) is 4.83. The van der Waals surface area contributed by atoms with Crippen LogP contribution < -0.4 is 15.9 Å². The van der Waals surface area contributed by atoms with Crippen LogP contribution in [0.4, 0.5) is 5.95 Å². The van der Waals surface area contributed by atoms with Gasteiger partial charge in [-0.1, -0.05) is 4.98 Å². The van der Waals surface area contributed by atoms with Gasteiger partial charge in [-0.05, 0) is 0 Å². The lowest BCUT2D eigenvalue weighted by atomic mass is 10.1. The maximum absolute atomic E-state index is 11.9. The molecule has 22 heteroatoms. The van der Waals surface area contributed by atoms with E-state index in [2.05, 4.69) is 28.1 Å². The predicted octanol–water partition coefficient (Wildman–Crippen LogP) is -4.23. The Balaban J connectivity index is 1.70. The van der Waals surface area contributed by atoms with E-state index in [9.17, 15) is 34.6 Å². The average molecular weight is 527 g/mol. The van der Waals surface area contributed by atoms with Crippen LogP contribution in [0.25, 0.3) is 11.2 Å². The molecule has 1 aliphatic heterocycles. The lowest BCUT2D eigenvalue weighted by molar-refractivity contribution is -0.745. The van der Waals surface area contributed by atoms with Crippen LogP contribution in [0.15, 0.2) is 11.1 Å². The van der Waals surface area contributed by atoms with E-state index in [1.54, 1.807) is 0 Å². The van der Waals surface area contributed by atoms with Crippen LogP contribution in [0.5, 0.6) is 0 Å². The monoisotopic (exact) mass is 527 g/mol. The highest BCUT2D eigenvalue weighted by Crippen LogP contribution is 2.75. The first kappa shape index (κ1) is 25.5. The molecule has 0 unspecified atom stereocenters. The van der Waals surface area contributed by atoms with Gasteiger partial charge in [0.1, 0.15) is 24.9 Å². The smallest absolute Gasteiger partial charge is 0.387 e. The van der Waals surface area contributed by atoms with Crippen LogP contribution in [0.3, 0.4) is 0 Å². The molecule has 1 aliphatic rings. The summed E-state index contributed by atoms with van der Waals surface area (Å²) >= 11 is 0. The second-order valence-electron chi connectivity index (χ2n) is 6.33. The molecular weight excluding hydrogens is 507 g/mol. The Labute approximate surface area is 177 Å². The topological polar surface area (TPSA) is 310 Å². The number of ether oxygens (including phenoxy) is 1. The summed E-state index contributed by atoms with van der Waals surface area (Å²) in [7, 11) is -15.7. The fraction of sp³-hybridized carbons (Fsp3) is 0.500. The lowest BCUT2D eigenvalue weighted by Crippen LogP contribution is -2.46. The van der Waals surface area contributed by atoms with Crippen LogP contribution >= 0.6 is 24.5 Å². The molecule has 13 N–H and O–H groups in total. The van der Waals surface area contributed by atoms with Gasteiger partial charge in [-0.3, -0.25) is 14.8 Å². The summed E-state index contributed by atoms with van der Waals surface area (Å²) < 4.78 is 18.7. The molecule has 0 amide bonds. The Morgan fingerprint density at radius 2 is 1.75 bits per heavy atom. The molecule has 180 valence electrons. The molecule has 0 aliphatic carbocycles. The number of nitrogens with two attached hydrogens (primary N) is 1. The van der Waals surface area contributed by atoms with Crippen molar-refractivity contribution in [2.24, 2.45) is 0 Å². The molecule has 32 heavy (non-hydrogen) atoms. The van der Waals surface area contributed by atoms with Gasteiger partial charge in [0.2, 0.25) is 11.7 Å². The predicted molar refractivity (Wildman–Crippen MR) is 102 cm³/mol. The molecule has 0 aromatic carbocycles. The van der Waals surface area contributed by atoms with Crippen molar-refractivity contribution in [2.45, 2.75) is 24.5 Å². The third-order valence-corrected chi connectivity index (χ3v) is 7.87. The number of aromatic amines is 2. The van der Waals surface area contributed by atoms with Gasteiger partial charge in [0.15, 0.2) is 6.33 Å². The normalized spacial score (nSPS) is 25.0. The van der Waals surface area contributed by atoms with E-state index in [0.29, 0.717) is 0 Å². The summed E-state index contributed by atoms with van der Waals surface area (Å²) in [4.78, 5) is 84.6. The highest BCUT2D eigenvalue weighted by molar-refractivity contribution is 7.73. The van der Waals surface area contributed by atoms with Gasteiger partial charge < -0.3 is 20.7 Å². The Morgan fingerprint density at radius 3 is 2.38 bits per heavy atom. The van der Waals surface area contributed by atoms with Crippen molar-refractivity contribution in [3.63, 3.8) is 0 Å². The summed E-state index contributed by atoms with van der Waals surface area (Å²) in [6.07, 6.45) is -4.89. The number of aliphatic hydroxyl groups is 2. The summed E-state index contributed by atoms with van der Waals surface area (Å²) in [6.45, 7) is -0.897. The number of nitrogen functional groups attached to an aromatic ring is 1. The van der Waals surface area contributed by atoms with Gasteiger partial charge in [0, 0.05) is 0 Å². The molecule has 0 spiro atoms. The first-order valence-electron chi connectivity index (χ1n) is 8.22. The van der Waals surface area contributed by atoms with Gasteiger partial charge in [-0.2, -0.15) is 34.3 Å². The van der Waals surface area contributed by atoms with Crippen LogP contribution in [0, 0.1) is 0 Å². The van der Waals surface area contributed by atoms with Crippen molar-refractivity contribution in [3.05, 3.63) is 16.7 Å². The van der Waals surface area contributed by atoms with Crippen molar-refractivity contribution in [1.82, 2.24) is 15.0 Å². The Bertz CT molecular complexity index is 1020. The number of hydrogen-bond acceptors (Lipinski definition) is 16. The van der Waals surface area contributed by atoms with Gasteiger partial charge in [-0.15, -0.1) is 4.52 Å². The van der Waals surface area contributed by atoms with E-state index in [1.165, 1.54) is 6.33 Å². The Kier molecular flexibility index (Phi) is 7.13. The minimum absolute atomic E-state index is 0.0185. The number of H-pyrrole nitrogens is 2. The Hall–Kier alpha value is -1.08. The molecule has 0 radical (unpaired) electrons. The van der Waals surface area contributed by atoms with E-state index in [0.717, 1.165) is 4.57 Å². The number of fused-ring (bicyclic) bond motifs is 1. The van der Waals surface area contributed by atoms with E-state index in [-0.39, 0.29) is 17.1 Å². The zero-order valence-electron chi connectivity index (χ0n) is 15.5. The fourth-order valence-corrected chi connectivity index (χ4v) is 5.94. The van der Waals surface area contributed by atoms with Gasteiger partial charge >= 0.3 is 30.2 Å². The van der Waals surface area contributed by atoms with Gasteiger partial charge in [-0.25, -0.2) is 4.57 Å². The molecule has 3 rings (SSSR count). The van der Waals surface area contributed by atoms with Crippen molar-refractivity contribution in [1.29, 1.82) is 0 Å². The van der Waals surface area contributed by atoms with E-state index in [1.807, 2.05) is 0 Å². The standard InChI is InChI=1S/C10H18N5O14P3/c11-10-13-7-4(8(18)14-10)12-2-15(7)9-6(17)5(16)3(27-9)1-26-31(22,23)29-32(24,25)28-30(19,20)21/h2-3,5-6,9,16-17,19-25H,1H2,(H2-,11,13,14,18)/q+2/p+2/t3-,5-,6-,9-/m1/s1. The number of aliphatic hydroxyl groups excluding tert-OH is 2. The molecule has 1 saturated heterocycles. The number of imidazole rings is 1. The molecule has 3 heterocycles. The maximum Gasteiger partial charge on any atom is 0.667 e. The first-order chi connectivity index (χ1) is 14.6. The third kappa shape index (κ3) is 5.88. The van der Waals surface area contributed by atoms with Crippen molar-refractivity contribution in [2.75, 3.05) is 12.3 Å². The SMILES string of the molecule is Nc1nc2c([nH]c[n+]2[C@@H]2O[C@H](CO[P+](O)(O)O[P+](O)(O)O[P+](O)(O)O)[C@@H](O)[C@H]2O)c(=O)[nH]1. The molecule has 4 atom stereocenters. The van der Waals surface area contributed by atoms with Gasteiger partial charge in [0.25, 0.3) is 11.5 Å². The first-order valence-corrected chi connectivity index (χ1v) is 12.8. The van der Waals surface area contributed by atoms with Gasteiger partial charge in [0.05, 0.1) is 8.62 Å². The van der Waals surface area contributed by atoms with Crippen LogP contribution in [0.1, 0.15) is 6.23 Å². The van der Waals surface area contributed by atoms with E-state index >= 15 is 0 Å². The number of anilines is 1. The lowest BCUT2D eigenvalue weighted by Gasteiger charge is -2.14. The van der Waals surface area contributed by atoms with Crippen LogP contribution in [-0.2, 0) is 17.9 Å². The van der Waals surface area contributed by atoms with Crippen LogP contribution in [-0.4, -0.2) is 84.3 Å². The minimum Gasteiger partial charge on any atom is -0.387 e. The number of nitrogens with zero attached hydrogens (tertiary/aromatic N) is 2. The summed E-state index contributed by atoms with van der Waals surface area (Å²) in [5, 5.41) is 20.5. The number of rotatable bonds is 8. The number of nitrogens with one attached hydrogen (secondary N) is 2. The highest BCUT2D eigenvalue weighted by Gasteiger charge is 2.69. The minimum atomic E-state index is -5.35. The van der Waals surface area contributed by atoms with Crippen molar-refractivity contribution >= 4 is 41.6 Å². The largest absolute Gasteiger partial charge is 0.667 e. The summed E-state index contributed by atoms with van der Waals surface area (Å²) in [5.74, 6) is -0.238. The second-order valence-corrected chi connectivity index (χ2v) is 10.9. The third-order valence-electron chi connectivity index (χ3n) is 3.96. The molecule has 0 saturated carbocycles. The zero-order valence-corrected chi connectivity index (χ0v) is 18.2. The molecule has 2 aromatic heterocycles. The molecular formula is C10H20N5O14P3+4. The quantitative estimate of drug-likeness (QED) is 0.114. The van der Waals surface area contributed by atoms with Crippen molar-refractivity contribution < 1.29 is 66.9 Å². The molecule has 2 aromatic rings. The maximum atomic E-state index is 11.9. The van der Waals surface area contributed by atoms with Crippen molar-refractivity contribution in [3.8, 4) is 0 Å². The fourth-order valence-electron chi connectivity index (χ4n) is 2.77. The van der Waals surface area contributed by atoms with Crippen LogP contribution in [0.2, 0.25) is 0 Å². The van der Waals surface area contributed by atoms with E-state index < -0.39 is 61.2 Å². The van der Waals surface area contributed by atoms with E-state index in [4.69, 9.17) is 25.2 Å². The molecule has 1 fully saturated rings. The second kappa shape index (κ2) is 8.94. The summed E-state index contributed by atoms with van der Waals surface area (Å²) in [6, 6.07) is 0. The molecule has 19 nitrogen and oxygen atoms in total.